The van der Waals surface area contributed by atoms with Crippen LogP contribution >= 0.6 is 0 Å². The second-order valence-electron chi connectivity index (χ2n) is 15.1. The van der Waals surface area contributed by atoms with Gasteiger partial charge in [0.2, 0.25) is 23.6 Å². The summed E-state index contributed by atoms with van der Waals surface area (Å²) in [6.07, 6.45) is 4.65. The Morgan fingerprint density at radius 3 is 2.28 bits per heavy atom. The molecule has 1 fully saturated rings. The van der Waals surface area contributed by atoms with E-state index in [1.165, 1.54) is 16.4 Å². The average Bonchev–Trinajstić information content (AvgIpc) is 3.81. The smallest absolute Gasteiger partial charge is 0.279 e. The Bertz CT molecular complexity index is 1980. The molecular weight excluding hydrogens is 734 g/mol. The number of ketones is 3. The highest BCUT2D eigenvalue weighted by Crippen LogP contribution is 2.23. The topological polar surface area (TPSA) is 192 Å². The van der Waals surface area contributed by atoms with Crippen LogP contribution in [0.3, 0.4) is 0 Å². The van der Waals surface area contributed by atoms with Crippen molar-refractivity contribution in [3.05, 3.63) is 54.0 Å². The fraction of sp³-hybridized carbons (Fsp3) is 0.524. The summed E-state index contributed by atoms with van der Waals surface area (Å²) in [5, 5.41) is 6.24. The van der Waals surface area contributed by atoms with Crippen molar-refractivity contribution >= 4 is 63.5 Å². The van der Waals surface area contributed by atoms with Gasteiger partial charge in [-0.25, -0.2) is 0 Å². The van der Waals surface area contributed by atoms with Crippen LogP contribution in [-0.2, 0) is 56.5 Å². The number of hydrogen-bond donors (Lipinski definition) is 2. The van der Waals surface area contributed by atoms with Gasteiger partial charge in [-0.2, -0.15) is 0 Å². The summed E-state index contributed by atoms with van der Waals surface area (Å²) < 4.78 is 14.2. The van der Waals surface area contributed by atoms with E-state index in [1.807, 2.05) is 19.9 Å². The van der Waals surface area contributed by atoms with Crippen LogP contribution in [0.2, 0.25) is 0 Å². The maximum absolute atomic E-state index is 13.3. The van der Waals surface area contributed by atoms with E-state index in [-0.39, 0.29) is 124 Å². The van der Waals surface area contributed by atoms with Crippen LogP contribution in [0.15, 0.2) is 42.7 Å². The fourth-order valence-electron chi connectivity index (χ4n) is 6.71. The summed E-state index contributed by atoms with van der Waals surface area (Å²) in [4.78, 5) is 101. The Balaban J connectivity index is 1.13. The van der Waals surface area contributed by atoms with E-state index >= 15 is 0 Å². The van der Waals surface area contributed by atoms with Gasteiger partial charge in [0.05, 0.1) is 37.1 Å². The molecule has 0 radical (unpaired) electrons. The molecule has 1 aromatic carbocycles. The van der Waals surface area contributed by atoms with Crippen molar-refractivity contribution in [3.63, 3.8) is 0 Å². The lowest BCUT2D eigenvalue weighted by molar-refractivity contribution is -0.139. The Morgan fingerprint density at radius 2 is 1.61 bits per heavy atom. The predicted octanol–water partition coefficient (Wildman–Crippen LogP) is 4.03. The van der Waals surface area contributed by atoms with Crippen molar-refractivity contribution in [2.45, 2.75) is 85.6 Å². The Morgan fingerprint density at radius 1 is 0.895 bits per heavy atom. The van der Waals surface area contributed by atoms with Gasteiger partial charge in [0, 0.05) is 95.3 Å². The zero-order valence-electron chi connectivity index (χ0n) is 33.8. The lowest BCUT2D eigenvalue weighted by Crippen LogP contribution is -2.44. The lowest BCUT2D eigenvalue weighted by atomic mass is 9.88. The highest BCUT2D eigenvalue weighted by atomic mass is 16.5. The molecule has 3 heterocycles. The van der Waals surface area contributed by atoms with Crippen molar-refractivity contribution in [1.82, 2.24) is 19.4 Å². The Hall–Kier alpha value is -5.28. The molecule has 0 saturated carbocycles. The molecule has 4 amide bonds. The molecule has 15 nitrogen and oxygen atoms in total. The van der Waals surface area contributed by atoms with Crippen molar-refractivity contribution in [1.29, 1.82) is 0 Å². The Labute approximate surface area is 332 Å². The number of anilines is 1. The minimum absolute atomic E-state index is 0.0150. The number of fused-ring (bicyclic) bond motifs is 1. The van der Waals surface area contributed by atoms with Crippen molar-refractivity contribution in [2.24, 2.45) is 24.8 Å². The number of carbonyl (C=O) groups is 8. The molecular formula is C42H55N5O10. The molecule has 57 heavy (non-hydrogen) atoms. The summed E-state index contributed by atoms with van der Waals surface area (Å²) in [7, 11) is 1.72. The van der Waals surface area contributed by atoms with Crippen LogP contribution in [0.1, 0.15) is 89.2 Å². The third-order valence-corrected chi connectivity index (χ3v) is 10.1. The number of imide groups is 1. The SMILES string of the molecule is CC(=O)Nc1cc(C(=O)n2ccc3cc(CC(=O)[C@H](C)NC(=O)[C@@H](CC(=O)CCOCCOCCCC(=O)CCN4C(=O)CC(C)C4=O)C(C)C)ccc32)n(C)c1. The number of benzene rings is 1. The summed E-state index contributed by atoms with van der Waals surface area (Å²) >= 11 is 0. The number of aromatic nitrogens is 2. The van der Waals surface area contributed by atoms with Gasteiger partial charge in [0.15, 0.2) is 5.78 Å². The minimum Gasteiger partial charge on any atom is -0.379 e. The van der Waals surface area contributed by atoms with Crippen LogP contribution < -0.4 is 10.6 Å². The number of Topliss-reactive ketones (excluding diaryl/α,β-unsaturated/α-hetero) is 3. The van der Waals surface area contributed by atoms with Gasteiger partial charge in [0.1, 0.15) is 17.3 Å². The van der Waals surface area contributed by atoms with Gasteiger partial charge in [-0.15, -0.1) is 0 Å². The van der Waals surface area contributed by atoms with Crippen LogP contribution in [-0.4, -0.2) is 99.9 Å². The first-order valence-corrected chi connectivity index (χ1v) is 19.5. The van der Waals surface area contributed by atoms with E-state index in [2.05, 4.69) is 10.6 Å². The molecule has 0 aliphatic carbocycles. The molecule has 2 aromatic heterocycles. The second kappa shape index (κ2) is 20.8. The molecule has 1 unspecified atom stereocenters. The van der Waals surface area contributed by atoms with Crippen LogP contribution in [0.25, 0.3) is 10.9 Å². The highest BCUT2D eigenvalue weighted by molar-refractivity contribution is 6.04. The molecule has 0 spiro atoms. The van der Waals surface area contributed by atoms with Crippen LogP contribution in [0, 0.1) is 17.8 Å². The molecule has 0 bridgehead atoms. The summed E-state index contributed by atoms with van der Waals surface area (Å²) in [5.74, 6) is -2.79. The van der Waals surface area contributed by atoms with Gasteiger partial charge in [-0.3, -0.25) is 47.8 Å². The largest absolute Gasteiger partial charge is 0.379 e. The first kappa shape index (κ1) is 44.4. The molecule has 308 valence electrons. The lowest BCUT2D eigenvalue weighted by Gasteiger charge is -2.22. The van der Waals surface area contributed by atoms with Gasteiger partial charge in [-0.05, 0) is 49.1 Å². The van der Waals surface area contributed by atoms with E-state index in [4.69, 9.17) is 9.47 Å². The number of likely N-dealkylation sites (tertiary alicyclic amines) is 1. The number of nitrogens with one attached hydrogen (secondary N) is 2. The number of ether oxygens (including phenoxy) is 2. The molecule has 15 heteroatoms. The van der Waals surface area contributed by atoms with Crippen LogP contribution in [0.4, 0.5) is 5.69 Å². The predicted molar refractivity (Wildman–Crippen MR) is 211 cm³/mol. The van der Waals surface area contributed by atoms with E-state index in [1.54, 1.807) is 62.1 Å². The quantitative estimate of drug-likeness (QED) is 0.105. The zero-order chi connectivity index (χ0) is 41.8. The van der Waals surface area contributed by atoms with Crippen molar-refractivity contribution in [2.75, 3.05) is 38.3 Å². The molecule has 3 aromatic rings. The average molecular weight is 790 g/mol. The van der Waals surface area contributed by atoms with E-state index in [0.717, 1.165) is 10.9 Å². The molecule has 1 aliphatic rings. The minimum atomic E-state index is -0.789. The maximum Gasteiger partial charge on any atom is 0.279 e. The maximum atomic E-state index is 13.3. The number of amides is 4. The first-order valence-electron chi connectivity index (χ1n) is 19.5. The molecule has 1 aliphatic heterocycles. The van der Waals surface area contributed by atoms with Crippen molar-refractivity contribution in [3.8, 4) is 0 Å². The highest BCUT2D eigenvalue weighted by Gasteiger charge is 2.35. The normalized spacial score (nSPS) is 15.3. The summed E-state index contributed by atoms with van der Waals surface area (Å²) in [5.41, 5.74) is 2.28. The molecule has 1 saturated heterocycles. The van der Waals surface area contributed by atoms with E-state index < -0.39 is 12.0 Å². The van der Waals surface area contributed by atoms with Crippen LogP contribution in [0.5, 0.6) is 0 Å². The molecule has 2 N–H and O–H groups in total. The number of aryl methyl sites for hydroxylation is 1. The first-order chi connectivity index (χ1) is 27.0. The number of carbonyl (C=O) groups excluding carboxylic acids is 8. The van der Waals surface area contributed by atoms with Gasteiger partial charge in [0.25, 0.3) is 5.91 Å². The standard InChI is InChI=1S/C42H55N5O10/c1-26(2)35(24-34(50)13-17-57-19-18-56-16-7-8-33(49)12-15-47-39(52)20-27(3)41(47)54)40(53)43-28(4)38(51)22-30-9-10-36-31(21-30)11-14-46(36)42(55)37-23-32(25-45(37)6)44-29(5)48/h9-11,14,21,23,25-28,35H,7-8,12-13,15-20,22,24H2,1-6H3,(H,43,53)(H,44,48)/t27?,28-,35-/m0/s1. The summed E-state index contributed by atoms with van der Waals surface area (Å²) in [6, 6.07) is 7.99. The number of rotatable bonds is 23. The van der Waals surface area contributed by atoms with Crippen molar-refractivity contribution < 1.29 is 47.8 Å². The van der Waals surface area contributed by atoms with E-state index in [9.17, 15) is 38.4 Å². The van der Waals surface area contributed by atoms with Gasteiger partial charge in [-0.1, -0.05) is 26.8 Å². The third-order valence-electron chi connectivity index (χ3n) is 10.1. The van der Waals surface area contributed by atoms with Gasteiger partial charge >= 0.3 is 0 Å². The zero-order valence-corrected chi connectivity index (χ0v) is 33.8. The van der Waals surface area contributed by atoms with E-state index in [0.29, 0.717) is 29.9 Å². The monoisotopic (exact) mass is 789 g/mol. The fourth-order valence-corrected chi connectivity index (χ4v) is 6.71. The number of hydrogen-bond acceptors (Lipinski definition) is 10. The van der Waals surface area contributed by atoms with Gasteiger partial charge < -0.3 is 24.7 Å². The number of nitrogens with zero attached hydrogens (tertiary/aromatic N) is 3. The second-order valence-corrected chi connectivity index (χ2v) is 15.1. The summed E-state index contributed by atoms with van der Waals surface area (Å²) in [6.45, 7) is 9.63. The third kappa shape index (κ3) is 12.6. The molecule has 3 atom stereocenters. The molecule has 4 rings (SSSR count). The Kier molecular flexibility index (Phi) is 16.2.